The SMILES string of the molecule is COc1cc2c(NCCCCNS(=O)(=O)OC(N)=O)ncnc2cc1OCc1ccccc1. The molecule has 4 N–H and O–H groups in total. The van der Waals surface area contributed by atoms with Gasteiger partial charge in [-0.05, 0) is 24.5 Å². The third-order valence-electron chi connectivity index (χ3n) is 4.52. The lowest BCUT2D eigenvalue weighted by atomic mass is 10.2. The van der Waals surface area contributed by atoms with Gasteiger partial charge in [-0.3, -0.25) is 0 Å². The van der Waals surface area contributed by atoms with Crippen LogP contribution in [-0.2, 0) is 21.1 Å². The summed E-state index contributed by atoms with van der Waals surface area (Å²) >= 11 is 0. The van der Waals surface area contributed by atoms with Gasteiger partial charge in [0.05, 0.1) is 12.6 Å². The second-order valence-electron chi connectivity index (χ2n) is 6.90. The van der Waals surface area contributed by atoms with E-state index in [-0.39, 0.29) is 6.54 Å². The molecule has 0 atom stereocenters. The Morgan fingerprint density at radius 3 is 2.55 bits per heavy atom. The summed E-state index contributed by atoms with van der Waals surface area (Å²) in [7, 11) is -2.61. The Balaban J connectivity index is 1.59. The highest BCUT2D eigenvalue weighted by Crippen LogP contribution is 2.34. The summed E-state index contributed by atoms with van der Waals surface area (Å²) in [6.07, 6.45) is 1.19. The number of amides is 1. The third kappa shape index (κ3) is 7.19. The number of unbranched alkanes of at least 4 members (excludes halogenated alkanes) is 1. The fourth-order valence-electron chi connectivity index (χ4n) is 3.00. The van der Waals surface area contributed by atoms with Crippen LogP contribution in [-0.4, -0.2) is 44.7 Å². The van der Waals surface area contributed by atoms with Crippen LogP contribution in [0.4, 0.5) is 10.6 Å². The summed E-state index contributed by atoms with van der Waals surface area (Å²) in [5.74, 6) is 1.75. The van der Waals surface area contributed by atoms with E-state index in [2.05, 4.69) is 24.2 Å². The second-order valence-corrected chi connectivity index (χ2v) is 8.27. The minimum Gasteiger partial charge on any atom is -0.493 e. The molecule has 1 aromatic heterocycles. The average molecular weight is 476 g/mol. The van der Waals surface area contributed by atoms with Crippen molar-refractivity contribution in [2.24, 2.45) is 5.73 Å². The first-order valence-electron chi connectivity index (χ1n) is 10.1. The summed E-state index contributed by atoms with van der Waals surface area (Å²) in [6, 6.07) is 13.4. The number of primary amides is 1. The van der Waals surface area contributed by atoms with Gasteiger partial charge in [-0.1, -0.05) is 30.3 Å². The van der Waals surface area contributed by atoms with Crippen molar-refractivity contribution < 1.29 is 26.9 Å². The number of benzene rings is 2. The Morgan fingerprint density at radius 2 is 1.82 bits per heavy atom. The molecule has 0 radical (unpaired) electrons. The van der Waals surface area contributed by atoms with Gasteiger partial charge in [0, 0.05) is 24.5 Å². The van der Waals surface area contributed by atoms with E-state index in [1.165, 1.54) is 6.33 Å². The standard InChI is InChI=1S/C21H25N5O6S/c1-30-18-11-16-17(12-19(18)31-13-15-7-3-2-4-8-15)24-14-25-20(16)23-9-5-6-10-26-33(28,29)32-21(22)27/h2-4,7-8,11-12,14,26H,5-6,9-10,13H2,1H3,(H2,22,27)(H,23,24,25). The number of aromatic nitrogens is 2. The first kappa shape index (κ1) is 24.0. The van der Waals surface area contributed by atoms with Crippen LogP contribution in [0.25, 0.3) is 10.9 Å². The van der Waals surface area contributed by atoms with Crippen LogP contribution in [0, 0.1) is 0 Å². The fourth-order valence-corrected chi connectivity index (χ4v) is 3.67. The molecular weight excluding hydrogens is 450 g/mol. The van der Waals surface area contributed by atoms with Crippen molar-refractivity contribution in [3.05, 3.63) is 54.4 Å². The zero-order valence-corrected chi connectivity index (χ0v) is 18.8. The Morgan fingerprint density at radius 1 is 1.06 bits per heavy atom. The molecule has 0 saturated carbocycles. The number of ether oxygens (including phenoxy) is 2. The van der Waals surface area contributed by atoms with Gasteiger partial charge >= 0.3 is 16.4 Å². The molecule has 0 aliphatic heterocycles. The van der Waals surface area contributed by atoms with Crippen LogP contribution in [0.5, 0.6) is 11.5 Å². The number of hydrogen-bond donors (Lipinski definition) is 3. The maximum Gasteiger partial charge on any atom is 0.421 e. The number of rotatable bonds is 12. The molecule has 1 amide bonds. The van der Waals surface area contributed by atoms with Crippen LogP contribution in [0.15, 0.2) is 48.8 Å². The van der Waals surface area contributed by atoms with Crippen molar-refractivity contribution >= 4 is 33.1 Å². The Bertz CT molecular complexity index is 1190. The number of carbonyl (C=O) groups is 1. The molecule has 0 aliphatic carbocycles. The fraction of sp³-hybridized carbons (Fsp3) is 0.286. The number of fused-ring (bicyclic) bond motifs is 1. The zero-order valence-electron chi connectivity index (χ0n) is 18.0. The van der Waals surface area contributed by atoms with Crippen LogP contribution >= 0.6 is 0 Å². The maximum atomic E-state index is 11.4. The van der Waals surface area contributed by atoms with Gasteiger partial charge in [-0.15, -0.1) is 0 Å². The minimum absolute atomic E-state index is 0.0950. The number of anilines is 1. The highest BCUT2D eigenvalue weighted by molar-refractivity contribution is 7.85. The molecule has 11 nitrogen and oxygen atoms in total. The number of nitrogens with one attached hydrogen (secondary N) is 2. The Labute approximate surface area is 191 Å². The van der Waals surface area contributed by atoms with E-state index >= 15 is 0 Å². The number of hydrogen-bond acceptors (Lipinski definition) is 9. The molecule has 12 heteroatoms. The molecule has 0 spiro atoms. The first-order chi connectivity index (χ1) is 15.9. The summed E-state index contributed by atoms with van der Waals surface area (Å²) in [5.41, 5.74) is 6.42. The van der Waals surface area contributed by atoms with Gasteiger partial charge in [0.1, 0.15) is 18.8 Å². The lowest BCUT2D eigenvalue weighted by Gasteiger charge is -2.14. The third-order valence-corrected chi connectivity index (χ3v) is 5.47. The predicted molar refractivity (Wildman–Crippen MR) is 122 cm³/mol. The molecule has 0 fully saturated rings. The van der Waals surface area contributed by atoms with Crippen LogP contribution < -0.4 is 25.2 Å². The molecule has 3 aromatic rings. The van der Waals surface area contributed by atoms with Gasteiger partial charge in [0.2, 0.25) is 0 Å². The van der Waals surface area contributed by atoms with Gasteiger partial charge < -0.3 is 24.7 Å². The molecule has 0 unspecified atom stereocenters. The van der Waals surface area contributed by atoms with E-state index in [1.54, 1.807) is 13.2 Å². The lowest BCUT2D eigenvalue weighted by Crippen LogP contribution is -2.31. The highest BCUT2D eigenvalue weighted by Gasteiger charge is 2.14. The quantitative estimate of drug-likeness (QED) is 0.335. The Hall–Kier alpha value is -3.64. The number of methoxy groups -OCH3 is 1. The van der Waals surface area contributed by atoms with Crippen molar-refractivity contribution in [1.29, 1.82) is 0 Å². The van der Waals surface area contributed by atoms with Crippen molar-refractivity contribution in [1.82, 2.24) is 14.7 Å². The monoisotopic (exact) mass is 475 g/mol. The first-order valence-corrected chi connectivity index (χ1v) is 11.5. The molecule has 1 heterocycles. The van der Waals surface area contributed by atoms with E-state index in [0.29, 0.717) is 48.8 Å². The second kappa shape index (κ2) is 11.3. The maximum absolute atomic E-state index is 11.4. The molecule has 176 valence electrons. The van der Waals surface area contributed by atoms with Crippen molar-refractivity contribution in [3.63, 3.8) is 0 Å². The number of carbonyl (C=O) groups excluding carboxylic acids is 1. The van der Waals surface area contributed by atoms with Gasteiger partial charge in [0.25, 0.3) is 0 Å². The summed E-state index contributed by atoms with van der Waals surface area (Å²) < 4.78 is 40.3. The minimum atomic E-state index is -4.17. The van der Waals surface area contributed by atoms with E-state index in [0.717, 1.165) is 10.9 Å². The predicted octanol–water partition coefficient (Wildman–Crippen LogP) is 2.34. The Kier molecular flexibility index (Phi) is 8.22. The normalized spacial score (nSPS) is 11.2. The molecule has 0 bridgehead atoms. The highest BCUT2D eigenvalue weighted by atomic mass is 32.2. The lowest BCUT2D eigenvalue weighted by molar-refractivity contribution is 0.212. The smallest absolute Gasteiger partial charge is 0.421 e. The molecule has 0 aliphatic rings. The largest absolute Gasteiger partial charge is 0.493 e. The molecular formula is C21H25N5O6S. The van der Waals surface area contributed by atoms with Gasteiger partial charge in [0.15, 0.2) is 11.5 Å². The van der Waals surface area contributed by atoms with Crippen LogP contribution in [0.2, 0.25) is 0 Å². The van der Waals surface area contributed by atoms with E-state index < -0.39 is 16.4 Å². The van der Waals surface area contributed by atoms with Crippen molar-refractivity contribution in [2.45, 2.75) is 19.4 Å². The summed E-state index contributed by atoms with van der Waals surface area (Å²) in [5, 5.41) is 3.98. The van der Waals surface area contributed by atoms with Crippen molar-refractivity contribution in [3.8, 4) is 11.5 Å². The van der Waals surface area contributed by atoms with Gasteiger partial charge in [-0.25, -0.2) is 14.8 Å². The number of nitrogens with two attached hydrogens (primary N) is 1. The topological polar surface area (TPSA) is 155 Å². The molecule has 0 saturated heterocycles. The number of nitrogens with zero attached hydrogens (tertiary/aromatic N) is 2. The van der Waals surface area contributed by atoms with E-state index in [4.69, 9.17) is 15.2 Å². The average Bonchev–Trinajstić information content (AvgIpc) is 2.79. The van der Waals surface area contributed by atoms with E-state index in [1.807, 2.05) is 36.4 Å². The van der Waals surface area contributed by atoms with Crippen LogP contribution in [0.1, 0.15) is 18.4 Å². The summed E-state index contributed by atoms with van der Waals surface area (Å²) in [4.78, 5) is 19.1. The zero-order chi connectivity index (χ0) is 23.7. The van der Waals surface area contributed by atoms with Crippen LogP contribution in [0.3, 0.4) is 0 Å². The molecule has 3 rings (SSSR count). The van der Waals surface area contributed by atoms with E-state index in [9.17, 15) is 13.2 Å². The molecule has 2 aromatic carbocycles. The molecule has 33 heavy (non-hydrogen) atoms. The summed E-state index contributed by atoms with van der Waals surface area (Å²) in [6.45, 7) is 1.02. The van der Waals surface area contributed by atoms with Crippen molar-refractivity contribution in [2.75, 3.05) is 25.5 Å². The van der Waals surface area contributed by atoms with Gasteiger partial charge in [-0.2, -0.15) is 13.1 Å².